The van der Waals surface area contributed by atoms with Crippen molar-refractivity contribution in [3.63, 3.8) is 0 Å². The molecule has 3 aromatic heterocycles. The number of rotatable bonds is 5. The molecule has 1 saturated heterocycles. The van der Waals surface area contributed by atoms with E-state index in [2.05, 4.69) is 48.5 Å². The van der Waals surface area contributed by atoms with Crippen LogP contribution < -0.4 is 0 Å². The van der Waals surface area contributed by atoms with Crippen LogP contribution in [0.5, 0.6) is 0 Å². The molecule has 3 aromatic rings. The maximum absolute atomic E-state index is 4.66. The minimum absolute atomic E-state index is 0.558. The number of nitrogens with zero attached hydrogens (tertiary/aromatic N) is 4. The summed E-state index contributed by atoms with van der Waals surface area (Å²) in [6, 6.07) is 8.31. The summed E-state index contributed by atoms with van der Waals surface area (Å²) in [5, 5.41) is 4.42. The van der Waals surface area contributed by atoms with E-state index in [1.54, 1.807) is 11.3 Å². The summed E-state index contributed by atoms with van der Waals surface area (Å²) in [6.45, 7) is 4.19. The van der Waals surface area contributed by atoms with Crippen LogP contribution in [0.15, 0.2) is 53.6 Å². The standard InChI is InChI=1S/C19H22N4S/c1-2-7-20-18(3-1)14-23-11-8-21-19(23)17-4-9-22(10-5-17)13-16-6-12-24-15-16/h1-3,6-8,11-12,15,17H,4-5,9-10,13-14H2. The molecule has 0 bridgehead atoms. The molecule has 0 atom stereocenters. The quantitative estimate of drug-likeness (QED) is 0.710. The van der Waals surface area contributed by atoms with Crippen molar-refractivity contribution in [1.82, 2.24) is 19.4 Å². The van der Waals surface area contributed by atoms with Gasteiger partial charge in [-0.25, -0.2) is 4.98 Å². The number of hydrogen-bond acceptors (Lipinski definition) is 4. The van der Waals surface area contributed by atoms with E-state index in [9.17, 15) is 0 Å². The summed E-state index contributed by atoms with van der Waals surface area (Å²) in [5.74, 6) is 1.78. The van der Waals surface area contributed by atoms with Gasteiger partial charge in [-0.05, 0) is 60.5 Å². The van der Waals surface area contributed by atoms with E-state index in [0.29, 0.717) is 5.92 Å². The fraction of sp³-hybridized carbons (Fsp3) is 0.368. The molecule has 1 aliphatic rings. The Morgan fingerprint density at radius 2 is 1.96 bits per heavy atom. The predicted octanol–water partition coefficient (Wildman–Crippen LogP) is 3.77. The summed E-state index contributed by atoms with van der Waals surface area (Å²) in [5.41, 5.74) is 2.53. The van der Waals surface area contributed by atoms with Crippen molar-refractivity contribution in [2.75, 3.05) is 13.1 Å². The average molecular weight is 338 g/mol. The summed E-state index contributed by atoms with van der Waals surface area (Å²) in [4.78, 5) is 11.7. The van der Waals surface area contributed by atoms with Gasteiger partial charge in [0.25, 0.3) is 0 Å². The zero-order valence-electron chi connectivity index (χ0n) is 13.7. The van der Waals surface area contributed by atoms with Gasteiger partial charge in [0.2, 0.25) is 0 Å². The van der Waals surface area contributed by atoms with Crippen LogP contribution in [-0.2, 0) is 13.1 Å². The molecule has 124 valence electrons. The molecule has 0 saturated carbocycles. The smallest absolute Gasteiger partial charge is 0.112 e. The van der Waals surface area contributed by atoms with E-state index in [4.69, 9.17) is 0 Å². The lowest BCUT2D eigenvalue weighted by atomic mass is 9.95. The van der Waals surface area contributed by atoms with E-state index in [0.717, 1.165) is 31.9 Å². The molecule has 0 aliphatic carbocycles. The van der Waals surface area contributed by atoms with Crippen LogP contribution in [0.1, 0.15) is 35.8 Å². The number of thiophene rings is 1. The zero-order chi connectivity index (χ0) is 16.2. The van der Waals surface area contributed by atoms with Crippen molar-refractivity contribution in [1.29, 1.82) is 0 Å². The van der Waals surface area contributed by atoms with Crippen LogP contribution in [-0.4, -0.2) is 32.5 Å². The molecular weight excluding hydrogens is 316 g/mol. The minimum atomic E-state index is 0.558. The van der Waals surface area contributed by atoms with Gasteiger partial charge in [0.05, 0.1) is 12.2 Å². The Morgan fingerprint density at radius 1 is 1.04 bits per heavy atom. The fourth-order valence-electron chi connectivity index (χ4n) is 3.47. The van der Waals surface area contributed by atoms with Gasteiger partial charge in [-0.3, -0.25) is 9.88 Å². The van der Waals surface area contributed by atoms with Crippen LogP contribution in [0.3, 0.4) is 0 Å². The fourth-order valence-corrected chi connectivity index (χ4v) is 4.13. The minimum Gasteiger partial charge on any atom is -0.329 e. The first-order chi connectivity index (χ1) is 11.9. The highest BCUT2D eigenvalue weighted by molar-refractivity contribution is 7.07. The Morgan fingerprint density at radius 3 is 2.71 bits per heavy atom. The third kappa shape index (κ3) is 3.57. The van der Waals surface area contributed by atoms with Gasteiger partial charge in [0.15, 0.2) is 0 Å². The average Bonchev–Trinajstić information content (AvgIpc) is 3.29. The van der Waals surface area contributed by atoms with Crippen molar-refractivity contribution < 1.29 is 0 Å². The second-order valence-corrected chi connectivity index (χ2v) is 7.20. The number of likely N-dealkylation sites (tertiary alicyclic amines) is 1. The Labute approximate surface area is 146 Å². The van der Waals surface area contributed by atoms with Gasteiger partial charge in [-0.1, -0.05) is 6.07 Å². The molecule has 1 fully saturated rings. The van der Waals surface area contributed by atoms with Gasteiger partial charge in [0, 0.05) is 31.1 Å². The van der Waals surface area contributed by atoms with Crippen LogP contribution >= 0.6 is 11.3 Å². The highest BCUT2D eigenvalue weighted by Crippen LogP contribution is 2.28. The van der Waals surface area contributed by atoms with Crippen molar-refractivity contribution in [2.24, 2.45) is 0 Å². The molecule has 0 aromatic carbocycles. The summed E-state index contributed by atoms with van der Waals surface area (Å²) in [7, 11) is 0. The van der Waals surface area contributed by atoms with Crippen molar-refractivity contribution >= 4 is 11.3 Å². The zero-order valence-corrected chi connectivity index (χ0v) is 14.5. The maximum atomic E-state index is 4.66. The van der Waals surface area contributed by atoms with Crippen LogP contribution in [0, 0.1) is 0 Å². The van der Waals surface area contributed by atoms with Crippen LogP contribution in [0.2, 0.25) is 0 Å². The lowest BCUT2D eigenvalue weighted by Gasteiger charge is -2.31. The number of imidazole rings is 1. The molecule has 1 aliphatic heterocycles. The number of pyridine rings is 1. The molecule has 0 N–H and O–H groups in total. The first kappa shape index (κ1) is 15.5. The first-order valence-corrected chi connectivity index (χ1v) is 9.47. The molecule has 4 heterocycles. The van der Waals surface area contributed by atoms with Gasteiger partial charge >= 0.3 is 0 Å². The maximum Gasteiger partial charge on any atom is 0.112 e. The molecule has 24 heavy (non-hydrogen) atoms. The predicted molar refractivity (Wildman–Crippen MR) is 97.1 cm³/mol. The van der Waals surface area contributed by atoms with Gasteiger partial charge in [0.1, 0.15) is 5.82 Å². The number of piperidine rings is 1. The molecule has 4 rings (SSSR count). The van der Waals surface area contributed by atoms with Gasteiger partial charge in [-0.15, -0.1) is 0 Å². The molecular formula is C19H22N4S. The molecule has 4 nitrogen and oxygen atoms in total. The Hall–Kier alpha value is -1.98. The van der Waals surface area contributed by atoms with E-state index in [1.165, 1.54) is 24.2 Å². The molecule has 0 unspecified atom stereocenters. The van der Waals surface area contributed by atoms with Crippen LogP contribution in [0.25, 0.3) is 0 Å². The number of aromatic nitrogens is 3. The lowest BCUT2D eigenvalue weighted by Crippen LogP contribution is -2.33. The Bertz CT molecular complexity index is 743. The summed E-state index contributed by atoms with van der Waals surface area (Å²) >= 11 is 1.78. The Balaban J connectivity index is 1.38. The lowest BCUT2D eigenvalue weighted by molar-refractivity contribution is 0.200. The second kappa shape index (κ2) is 7.28. The first-order valence-electron chi connectivity index (χ1n) is 8.53. The highest BCUT2D eigenvalue weighted by atomic mass is 32.1. The van der Waals surface area contributed by atoms with Crippen molar-refractivity contribution in [2.45, 2.75) is 31.8 Å². The molecule has 0 amide bonds. The molecule has 0 radical (unpaired) electrons. The topological polar surface area (TPSA) is 34.0 Å². The summed E-state index contributed by atoms with van der Waals surface area (Å²) in [6.07, 6.45) is 8.24. The van der Waals surface area contributed by atoms with Gasteiger partial charge in [-0.2, -0.15) is 11.3 Å². The van der Waals surface area contributed by atoms with E-state index >= 15 is 0 Å². The normalized spacial score (nSPS) is 16.5. The van der Waals surface area contributed by atoms with E-state index in [-0.39, 0.29) is 0 Å². The van der Waals surface area contributed by atoms with Crippen molar-refractivity contribution in [3.8, 4) is 0 Å². The summed E-state index contributed by atoms with van der Waals surface area (Å²) < 4.78 is 2.27. The second-order valence-electron chi connectivity index (χ2n) is 6.42. The van der Waals surface area contributed by atoms with Gasteiger partial charge < -0.3 is 4.57 Å². The largest absolute Gasteiger partial charge is 0.329 e. The van der Waals surface area contributed by atoms with Crippen molar-refractivity contribution in [3.05, 3.63) is 70.7 Å². The Kier molecular flexibility index (Phi) is 4.71. The van der Waals surface area contributed by atoms with E-state index in [1.807, 2.05) is 24.5 Å². The SMILES string of the molecule is c1ccc(Cn2ccnc2C2CCN(Cc3ccsc3)CC2)nc1. The van der Waals surface area contributed by atoms with Crippen LogP contribution in [0.4, 0.5) is 0 Å². The molecule has 0 spiro atoms. The highest BCUT2D eigenvalue weighted by Gasteiger charge is 2.24. The number of hydrogen-bond donors (Lipinski definition) is 0. The monoisotopic (exact) mass is 338 g/mol. The molecule has 5 heteroatoms. The third-order valence-corrected chi connectivity index (χ3v) is 5.48. The van der Waals surface area contributed by atoms with E-state index < -0.39 is 0 Å². The third-order valence-electron chi connectivity index (χ3n) is 4.75.